The molecule has 4 rings (SSSR count). The maximum atomic E-state index is 4.82. The molecule has 0 aromatic carbocycles. The molecule has 0 spiro atoms. The van der Waals surface area contributed by atoms with Gasteiger partial charge in [0.2, 0.25) is 0 Å². The van der Waals surface area contributed by atoms with Crippen LogP contribution in [0, 0.1) is 0 Å². The molecule has 1 atom stereocenters. The van der Waals surface area contributed by atoms with Crippen LogP contribution in [0.3, 0.4) is 0 Å². The second-order valence-electron chi connectivity index (χ2n) is 6.65. The Morgan fingerprint density at radius 3 is 2.68 bits per heavy atom. The third-order valence-corrected chi connectivity index (χ3v) is 7.00. The maximum Gasteiger partial charge on any atom is 0.134 e. The van der Waals surface area contributed by atoms with Gasteiger partial charge < -0.3 is 9.80 Å². The fourth-order valence-corrected chi connectivity index (χ4v) is 5.47. The number of rotatable bonds is 4. The van der Waals surface area contributed by atoms with E-state index < -0.39 is 0 Å². The molecule has 4 heterocycles. The first-order valence-electron chi connectivity index (χ1n) is 9.17. The molecule has 1 unspecified atom stereocenters. The van der Waals surface area contributed by atoms with Gasteiger partial charge in [0.15, 0.2) is 0 Å². The Labute approximate surface area is 157 Å². The number of thiazole rings is 1. The lowest BCUT2D eigenvalue weighted by Gasteiger charge is -2.33. The summed E-state index contributed by atoms with van der Waals surface area (Å²) in [6, 6.07) is 2.18. The van der Waals surface area contributed by atoms with Crippen molar-refractivity contribution in [1.29, 1.82) is 0 Å². The number of aryl methyl sites for hydroxylation is 1. The fourth-order valence-electron chi connectivity index (χ4n) is 3.53. The average molecular weight is 376 g/mol. The first-order valence-corrected chi connectivity index (χ1v) is 11.2. The highest BCUT2D eigenvalue weighted by Crippen LogP contribution is 2.32. The third kappa shape index (κ3) is 3.92. The van der Waals surface area contributed by atoms with Gasteiger partial charge >= 0.3 is 0 Å². The van der Waals surface area contributed by atoms with E-state index in [-0.39, 0.29) is 0 Å². The van der Waals surface area contributed by atoms with Gasteiger partial charge in [0.25, 0.3) is 0 Å². The smallest absolute Gasteiger partial charge is 0.134 e. The molecule has 134 valence electrons. The van der Waals surface area contributed by atoms with Crippen molar-refractivity contribution in [1.82, 2.24) is 15.0 Å². The lowest BCUT2D eigenvalue weighted by molar-refractivity contribution is 0.504. The van der Waals surface area contributed by atoms with Crippen LogP contribution in [0.15, 0.2) is 17.8 Å². The van der Waals surface area contributed by atoms with Crippen molar-refractivity contribution in [3.63, 3.8) is 0 Å². The standard InChI is InChI=1S/C18H25N5S2/c1-2-15-12-25-18(21-15)14-4-3-5-23(11-14)17-10-16(19-13-20-17)22-6-8-24-9-7-22/h10,12-14H,2-9,11H2,1H3. The van der Waals surface area contributed by atoms with Crippen LogP contribution in [-0.4, -0.2) is 52.6 Å². The molecule has 0 amide bonds. The largest absolute Gasteiger partial charge is 0.356 e. The summed E-state index contributed by atoms with van der Waals surface area (Å²) in [7, 11) is 0. The second-order valence-corrected chi connectivity index (χ2v) is 8.76. The summed E-state index contributed by atoms with van der Waals surface area (Å²) < 4.78 is 0. The highest BCUT2D eigenvalue weighted by atomic mass is 32.2. The predicted molar refractivity (Wildman–Crippen MR) is 107 cm³/mol. The van der Waals surface area contributed by atoms with Gasteiger partial charge in [-0.1, -0.05) is 6.92 Å². The Hall–Kier alpha value is -1.34. The normalized spacial score (nSPS) is 21.6. The van der Waals surface area contributed by atoms with E-state index >= 15 is 0 Å². The summed E-state index contributed by atoms with van der Waals surface area (Å²) in [5, 5.41) is 3.51. The minimum Gasteiger partial charge on any atom is -0.356 e. The summed E-state index contributed by atoms with van der Waals surface area (Å²) in [4.78, 5) is 18.7. The van der Waals surface area contributed by atoms with Crippen LogP contribution in [0.5, 0.6) is 0 Å². The molecule has 2 fully saturated rings. The number of hydrogen-bond acceptors (Lipinski definition) is 7. The maximum absolute atomic E-state index is 4.82. The summed E-state index contributed by atoms with van der Waals surface area (Å²) in [6.07, 6.45) is 5.19. The van der Waals surface area contributed by atoms with Crippen LogP contribution >= 0.6 is 23.1 Å². The van der Waals surface area contributed by atoms with E-state index in [1.54, 1.807) is 6.33 Å². The van der Waals surface area contributed by atoms with Gasteiger partial charge in [0.05, 0.1) is 10.7 Å². The van der Waals surface area contributed by atoms with E-state index in [0.29, 0.717) is 5.92 Å². The Bertz CT molecular complexity index is 698. The molecule has 2 aliphatic rings. The monoisotopic (exact) mass is 375 g/mol. The van der Waals surface area contributed by atoms with Gasteiger partial charge in [-0.05, 0) is 19.3 Å². The molecule has 0 bridgehead atoms. The molecule has 25 heavy (non-hydrogen) atoms. The van der Waals surface area contributed by atoms with E-state index in [0.717, 1.165) is 44.2 Å². The van der Waals surface area contributed by atoms with Gasteiger partial charge in [-0.3, -0.25) is 0 Å². The molecule has 7 heteroatoms. The topological polar surface area (TPSA) is 45.2 Å². The van der Waals surface area contributed by atoms with Gasteiger partial charge in [0, 0.05) is 55.0 Å². The van der Waals surface area contributed by atoms with Crippen molar-refractivity contribution < 1.29 is 0 Å². The van der Waals surface area contributed by atoms with Gasteiger partial charge in [-0.2, -0.15) is 11.8 Å². The molecule has 5 nitrogen and oxygen atoms in total. The minimum absolute atomic E-state index is 0.531. The van der Waals surface area contributed by atoms with Crippen molar-refractivity contribution in [2.45, 2.75) is 32.1 Å². The number of nitrogens with zero attached hydrogens (tertiary/aromatic N) is 5. The van der Waals surface area contributed by atoms with Crippen molar-refractivity contribution >= 4 is 34.7 Å². The lowest BCUT2D eigenvalue weighted by Crippen LogP contribution is -2.36. The lowest BCUT2D eigenvalue weighted by atomic mass is 9.99. The molecule has 0 saturated carbocycles. The van der Waals surface area contributed by atoms with Crippen molar-refractivity contribution in [3.05, 3.63) is 28.5 Å². The van der Waals surface area contributed by atoms with Crippen LogP contribution in [0.2, 0.25) is 0 Å². The number of thioether (sulfide) groups is 1. The molecule has 0 radical (unpaired) electrons. The van der Waals surface area contributed by atoms with Crippen LogP contribution < -0.4 is 9.80 Å². The summed E-state index contributed by atoms with van der Waals surface area (Å²) in [5.74, 6) is 5.06. The van der Waals surface area contributed by atoms with Crippen molar-refractivity contribution in [3.8, 4) is 0 Å². The quantitative estimate of drug-likeness (QED) is 0.816. The van der Waals surface area contributed by atoms with Gasteiger partial charge in [-0.15, -0.1) is 11.3 Å². The highest BCUT2D eigenvalue weighted by molar-refractivity contribution is 7.99. The summed E-state index contributed by atoms with van der Waals surface area (Å²) in [6.45, 7) is 6.44. The summed E-state index contributed by atoms with van der Waals surface area (Å²) in [5.41, 5.74) is 1.23. The number of aromatic nitrogens is 3. The van der Waals surface area contributed by atoms with Crippen LogP contribution in [0.4, 0.5) is 11.6 Å². The third-order valence-electron chi connectivity index (χ3n) is 5.00. The van der Waals surface area contributed by atoms with Crippen LogP contribution in [0.25, 0.3) is 0 Å². The number of piperidine rings is 1. The Morgan fingerprint density at radius 2 is 1.92 bits per heavy atom. The molecule has 2 saturated heterocycles. The Kier molecular flexibility index (Phi) is 5.41. The van der Waals surface area contributed by atoms with Crippen LogP contribution in [0.1, 0.15) is 36.4 Å². The molecular weight excluding hydrogens is 350 g/mol. The van der Waals surface area contributed by atoms with E-state index in [4.69, 9.17) is 4.98 Å². The molecule has 0 aliphatic carbocycles. The van der Waals surface area contributed by atoms with Gasteiger partial charge in [0.1, 0.15) is 18.0 Å². The molecule has 0 N–H and O–H groups in total. The zero-order valence-electron chi connectivity index (χ0n) is 14.7. The van der Waals surface area contributed by atoms with Gasteiger partial charge in [-0.25, -0.2) is 15.0 Å². The SMILES string of the molecule is CCc1csc(C2CCCN(c3cc(N4CCSCC4)ncn3)C2)n1. The second kappa shape index (κ2) is 7.91. The summed E-state index contributed by atoms with van der Waals surface area (Å²) >= 11 is 3.85. The molecule has 2 aromatic rings. The Morgan fingerprint density at radius 1 is 1.12 bits per heavy atom. The number of hydrogen-bond donors (Lipinski definition) is 0. The van der Waals surface area contributed by atoms with E-state index in [1.165, 1.54) is 35.0 Å². The highest BCUT2D eigenvalue weighted by Gasteiger charge is 2.25. The first-order chi connectivity index (χ1) is 12.3. The number of anilines is 2. The fraction of sp³-hybridized carbons (Fsp3) is 0.611. The first kappa shape index (κ1) is 17.1. The molecular formula is C18H25N5S2. The predicted octanol–water partition coefficient (Wildman–Crippen LogP) is 3.43. The van der Waals surface area contributed by atoms with E-state index in [2.05, 4.69) is 38.1 Å². The minimum atomic E-state index is 0.531. The van der Waals surface area contributed by atoms with Crippen LogP contribution in [-0.2, 0) is 6.42 Å². The van der Waals surface area contributed by atoms with E-state index in [9.17, 15) is 0 Å². The van der Waals surface area contributed by atoms with E-state index in [1.807, 2.05) is 23.1 Å². The van der Waals surface area contributed by atoms with Crippen molar-refractivity contribution in [2.75, 3.05) is 47.5 Å². The zero-order chi connectivity index (χ0) is 17.1. The Balaban J connectivity index is 1.49. The zero-order valence-corrected chi connectivity index (χ0v) is 16.4. The molecule has 2 aliphatic heterocycles. The average Bonchev–Trinajstić information content (AvgIpc) is 3.18. The van der Waals surface area contributed by atoms with Crippen molar-refractivity contribution in [2.24, 2.45) is 0 Å². The molecule has 2 aromatic heterocycles.